The molecule has 1 atom stereocenters. The molecule has 0 radical (unpaired) electrons. The summed E-state index contributed by atoms with van der Waals surface area (Å²) in [4.78, 5) is 32.6. The highest BCUT2D eigenvalue weighted by Crippen LogP contribution is 2.49. The van der Waals surface area contributed by atoms with Crippen LogP contribution in [0, 0.1) is 0 Å². The summed E-state index contributed by atoms with van der Waals surface area (Å²) in [6, 6.07) is 19.8. The van der Waals surface area contributed by atoms with Crippen LogP contribution in [0.3, 0.4) is 0 Å². The Morgan fingerprint density at radius 1 is 1.00 bits per heavy atom. The van der Waals surface area contributed by atoms with Crippen molar-refractivity contribution in [3.8, 4) is 11.4 Å². The first-order chi connectivity index (χ1) is 16.7. The molecule has 2 aromatic carbocycles. The smallest absolute Gasteiger partial charge is 0.233 e. The number of rotatable bonds is 4. The van der Waals surface area contributed by atoms with Crippen LogP contribution in [0.15, 0.2) is 65.2 Å². The standard InChI is InChI=1S/C27H30N4O3/c32-23-14-19-31(26(33)27(15-16-27)22-11-5-2-6-12-22)18-7-10-21(13-17-28-23)25-29-24(30-34-25)20-8-3-1-4-9-20/h1-6,8-9,11-12,21H,7,10,13-19H2,(H,28,32). The Hall–Kier alpha value is -3.48. The number of nitrogens with zero attached hydrogens (tertiary/aromatic N) is 3. The molecule has 7 nitrogen and oxygen atoms in total. The van der Waals surface area contributed by atoms with Gasteiger partial charge in [0.2, 0.25) is 23.5 Å². The number of aromatic nitrogens is 2. The summed E-state index contributed by atoms with van der Waals surface area (Å²) in [5.74, 6) is 1.31. The minimum absolute atomic E-state index is 0.0292. The van der Waals surface area contributed by atoms with E-state index >= 15 is 0 Å². The Balaban J connectivity index is 1.30. The summed E-state index contributed by atoms with van der Waals surface area (Å²) in [5.41, 5.74) is 1.57. The van der Waals surface area contributed by atoms with E-state index < -0.39 is 5.41 Å². The minimum atomic E-state index is -0.422. The molecular formula is C27H30N4O3. The van der Waals surface area contributed by atoms with Crippen molar-refractivity contribution in [3.05, 3.63) is 72.1 Å². The Morgan fingerprint density at radius 3 is 2.47 bits per heavy atom. The third-order valence-electron chi connectivity index (χ3n) is 7.00. The number of hydrogen-bond acceptors (Lipinski definition) is 5. The number of nitrogens with one attached hydrogen (secondary N) is 1. The van der Waals surface area contributed by atoms with Crippen molar-refractivity contribution < 1.29 is 14.1 Å². The van der Waals surface area contributed by atoms with E-state index in [0.29, 0.717) is 37.8 Å². The zero-order valence-corrected chi connectivity index (χ0v) is 19.3. The molecule has 2 aliphatic rings. The minimum Gasteiger partial charge on any atom is -0.356 e. The number of carbonyl (C=O) groups excluding carboxylic acids is 2. The molecule has 0 spiro atoms. The lowest BCUT2D eigenvalue weighted by Crippen LogP contribution is -2.41. The predicted molar refractivity (Wildman–Crippen MR) is 128 cm³/mol. The van der Waals surface area contributed by atoms with Crippen molar-refractivity contribution in [2.24, 2.45) is 0 Å². The molecule has 1 saturated carbocycles. The fraction of sp³-hybridized carbons (Fsp3) is 0.407. The third-order valence-corrected chi connectivity index (χ3v) is 7.00. The monoisotopic (exact) mass is 458 g/mol. The van der Waals surface area contributed by atoms with Gasteiger partial charge in [0.25, 0.3) is 0 Å². The molecule has 7 heteroatoms. The van der Waals surface area contributed by atoms with Crippen LogP contribution in [-0.2, 0) is 15.0 Å². The first-order valence-electron chi connectivity index (χ1n) is 12.2. The molecule has 176 valence electrons. The second-order valence-corrected chi connectivity index (χ2v) is 9.29. The molecule has 1 aliphatic carbocycles. The van der Waals surface area contributed by atoms with E-state index in [2.05, 4.69) is 15.5 Å². The summed E-state index contributed by atoms with van der Waals surface area (Å²) < 4.78 is 5.63. The molecule has 2 amide bonds. The second-order valence-electron chi connectivity index (χ2n) is 9.29. The number of carbonyl (C=O) groups is 2. The zero-order chi connectivity index (χ0) is 23.4. The molecular weight excluding hydrogens is 428 g/mol. The van der Waals surface area contributed by atoms with E-state index in [1.165, 1.54) is 0 Å². The van der Waals surface area contributed by atoms with Gasteiger partial charge in [-0.1, -0.05) is 65.8 Å². The molecule has 1 unspecified atom stereocenters. The molecule has 3 aromatic rings. The first kappa shape index (κ1) is 22.3. The Morgan fingerprint density at radius 2 is 1.74 bits per heavy atom. The molecule has 1 aromatic heterocycles. The van der Waals surface area contributed by atoms with E-state index in [9.17, 15) is 9.59 Å². The maximum Gasteiger partial charge on any atom is 0.233 e. The van der Waals surface area contributed by atoms with Gasteiger partial charge in [-0.25, -0.2) is 0 Å². The van der Waals surface area contributed by atoms with Gasteiger partial charge in [-0.3, -0.25) is 9.59 Å². The molecule has 1 aliphatic heterocycles. The van der Waals surface area contributed by atoms with Crippen LogP contribution in [0.1, 0.15) is 55.9 Å². The average molecular weight is 459 g/mol. The number of benzene rings is 2. The van der Waals surface area contributed by atoms with Gasteiger partial charge in [-0.2, -0.15) is 4.98 Å². The van der Waals surface area contributed by atoms with E-state index in [1.54, 1.807) is 0 Å². The van der Waals surface area contributed by atoms with Gasteiger partial charge >= 0.3 is 0 Å². The highest BCUT2D eigenvalue weighted by atomic mass is 16.5. The van der Waals surface area contributed by atoms with E-state index in [1.807, 2.05) is 65.6 Å². The number of hydrogen-bond donors (Lipinski definition) is 1. The lowest BCUT2D eigenvalue weighted by Gasteiger charge is -2.28. The lowest BCUT2D eigenvalue weighted by atomic mass is 9.93. The number of amides is 2. The van der Waals surface area contributed by atoms with Gasteiger partial charge in [-0.05, 0) is 37.7 Å². The predicted octanol–water partition coefficient (Wildman–Crippen LogP) is 4.07. The Labute approximate surface area is 199 Å². The molecule has 2 heterocycles. The van der Waals surface area contributed by atoms with Crippen molar-refractivity contribution in [1.29, 1.82) is 0 Å². The van der Waals surface area contributed by atoms with Crippen LogP contribution in [0.4, 0.5) is 0 Å². The normalized spacial score (nSPS) is 20.8. The highest BCUT2D eigenvalue weighted by Gasteiger charge is 2.52. The molecule has 34 heavy (non-hydrogen) atoms. The summed E-state index contributed by atoms with van der Waals surface area (Å²) in [6.07, 6.45) is 4.41. The van der Waals surface area contributed by atoms with Gasteiger partial charge in [0.15, 0.2) is 0 Å². The van der Waals surface area contributed by atoms with E-state index in [4.69, 9.17) is 4.52 Å². The second kappa shape index (κ2) is 9.79. The van der Waals surface area contributed by atoms with Crippen molar-refractivity contribution in [1.82, 2.24) is 20.4 Å². The SMILES string of the molecule is O=C1CCN(C(=O)C2(c3ccccc3)CC2)CCCC(c2nc(-c3ccccc3)no2)CCN1. The molecule has 1 saturated heterocycles. The topological polar surface area (TPSA) is 88.3 Å². The fourth-order valence-electron chi connectivity index (χ4n) is 4.86. The van der Waals surface area contributed by atoms with Gasteiger partial charge in [0.1, 0.15) is 0 Å². The van der Waals surface area contributed by atoms with Gasteiger partial charge < -0.3 is 14.7 Å². The maximum atomic E-state index is 13.6. The lowest BCUT2D eigenvalue weighted by molar-refractivity contribution is -0.134. The van der Waals surface area contributed by atoms with Crippen LogP contribution in [0.5, 0.6) is 0 Å². The highest BCUT2D eigenvalue weighted by molar-refractivity contribution is 5.91. The summed E-state index contributed by atoms with van der Waals surface area (Å²) in [7, 11) is 0. The van der Waals surface area contributed by atoms with Crippen molar-refractivity contribution in [2.75, 3.05) is 19.6 Å². The van der Waals surface area contributed by atoms with E-state index in [-0.39, 0.29) is 17.7 Å². The van der Waals surface area contributed by atoms with Crippen LogP contribution in [0.2, 0.25) is 0 Å². The van der Waals surface area contributed by atoms with Gasteiger partial charge in [0.05, 0.1) is 5.41 Å². The van der Waals surface area contributed by atoms with E-state index in [0.717, 1.165) is 43.2 Å². The van der Waals surface area contributed by atoms with Crippen molar-refractivity contribution in [2.45, 2.75) is 49.9 Å². The molecule has 5 rings (SSSR count). The summed E-state index contributed by atoms with van der Waals surface area (Å²) >= 11 is 0. The van der Waals surface area contributed by atoms with Crippen LogP contribution < -0.4 is 5.32 Å². The maximum absolute atomic E-state index is 13.6. The van der Waals surface area contributed by atoms with Crippen molar-refractivity contribution in [3.63, 3.8) is 0 Å². The fourth-order valence-corrected chi connectivity index (χ4v) is 4.86. The van der Waals surface area contributed by atoms with Crippen LogP contribution >= 0.6 is 0 Å². The Bertz CT molecular complexity index is 1130. The van der Waals surface area contributed by atoms with Gasteiger partial charge in [0, 0.05) is 37.5 Å². The molecule has 2 fully saturated rings. The van der Waals surface area contributed by atoms with Crippen molar-refractivity contribution >= 4 is 11.8 Å². The third kappa shape index (κ3) is 4.74. The van der Waals surface area contributed by atoms with Gasteiger partial charge in [-0.15, -0.1) is 0 Å². The largest absolute Gasteiger partial charge is 0.356 e. The summed E-state index contributed by atoms with van der Waals surface area (Å²) in [5, 5.41) is 7.17. The average Bonchev–Trinajstić information content (AvgIpc) is 3.55. The first-order valence-corrected chi connectivity index (χ1v) is 12.2. The quantitative estimate of drug-likeness (QED) is 0.637. The molecule has 1 N–H and O–H groups in total. The summed E-state index contributed by atoms with van der Waals surface area (Å²) in [6.45, 7) is 1.62. The van der Waals surface area contributed by atoms with Crippen LogP contribution in [-0.4, -0.2) is 46.5 Å². The molecule has 0 bridgehead atoms. The van der Waals surface area contributed by atoms with Crippen LogP contribution in [0.25, 0.3) is 11.4 Å². The zero-order valence-electron chi connectivity index (χ0n) is 19.3. The Kier molecular flexibility index (Phi) is 6.43.